The smallest absolute Gasteiger partial charge is 0.188 e. The van der Waals surface area contributed by atoms with E-state index >= 15 is 0 Å². The Labute approximate surface area is 54.0 Å². The molecular weight excluding hydrogens is 123 g/mol. The van der Waals surface area contributed by atoms with Crippen LogP contribution in [0.15, 0.2) is 0 Å². The molecule has 0 aromatic carbocycles. The van der Waals surface area contributed by atoms with Crippen LogP contribution in [0.1, 0.15) is 6.42 Å². The van der Waals surface area contributed by atoms with Crippen LogP contribution in [0.4, 0.5) is 4.39 Å². The molecule has 0 bridgehead atoms. The van der Waals surface area contributed by atoms with E-state index in [1.807, 2.05) is 0 Å². The molecule has 0 aromatic heterocycles. The minimum absolute atomic E-state index is 0.568. The average molecular weight is 133 g/mol. The first-order chi connectivity index (χ1) is 4.34. The molecule has 53 valence electrons. The molecule has 0 N–H and O–H groups in total. The second kappa shape index (κ2) is 3.13. The molecule has 1 heterocycles. The van der Waals surface area contributed by atoms with Crippen molar-refractivity contribution in [3.63, 3.8) is 0 Å². The molecule has 1 radical (unpaired) electrons. The molecule has 1 rings (SSSR count). The summed E-state index contributed by atoms with van der Waals surface area (Å²) in [5, 5.41) is 0. The van der Waals surface area contributed by atoms with E-state index in [1.165, 1.54) is 7.11 Å². The van der Waals surface area contributed by atoms with Gasteiger partial charge in [0.15, 0.2) is 12.5 Å². The Bertz CT molecular complexity index is 87.1. The van der Waals surface area contributed by atoms with Gasteiger partial charge in [-0.1, -0.05) is 0 Å². The molecule has 0 amide bonds. The van der Waals surface area contributed by atoms with E-state index in [1.54, 1.807) is 6.42 Å². The van der Waals surface area contributed by atoms with Crippen molar-refractivity contribution in [2.45, 2.75) is 18.9 Å². The van der Waals surface area contributed by atoms with Gasteiger partial charge in [-0.05, 0) is 6.42 Å². The number of ether oxygens (including phenoxy) is 2. The summed E-state index contributed by atoms with van der Waals surface area (Å²) >= 11 is 0. The molecule has 0 aliphatic carbocycles. The van der Waals surface area contributed by atoms with Crippen molar-refractivity contribution in [1.82, 2.24) is 0 Å². The lowest BCUT2D eigenvalue weighted by Gasteiger charge is -2.24. The second-order valence-corrected chi connectivity index (χ2v) is 1.94. The maximum atomic E-state index is 12.5. The number of methoxy groups -OCH3 is 1. The van der Waals surface area contributed by atoms with Crippen molar-refractivity contribution in [3.8, 4) is 0 Å². The zero-order valence-electron chi connectivity index (χ0n) is 5.34. The van der Waals surface area contributed by atoms with Crippen LogP contribution in [0, 0.1) is 6.42 Å². The second-order valence-electron chi connectivity index (χ2n) is 1.94. The first-order valence-electron chi connectivity index (χ1n) is 2.96. The summed E-state index contributed by atoms with van der Waals surface area (Å²) in [5.41, 5.74) is 0. The zero-order chi connectivity index (χ0) is 6.69. The van der Waals surface area contributed by atoms with E-state index in [2.05, 4.69) is 4.74 Å². The number of hydrogen-bond donors (Lipinski definition) is 0. The van der Waals surface area contributed by atoms with Gasteiger partial charge in [-0.2, -0.15) is 0 Å². The Morgan fingerprint density at radius 2 is 2.56 bits per heavy atom. The number of halogens is 1. The van der Waals surface area contributed by atoms with Crippen LogP contribution >= 0.6 is 0 Å². The predicted octanol–water partition coefficient (Wildman–Crippen LogP) is 0.922. The maximum Gasteiger partial charge on any atom is 0.188 e. The van der Waals surface area contributed by atoms with Gasteiger partial charge in [0.05, 0.1) is 6.61 Å². The van der Waals surface area contributed by atoms with Crippen LogP contribution in [0.25, 0.3) is 0 Å². The van der Waals surface area contributed by atoms with Crippen LogP contribution in [-0.2, 0) is 9.47 Å². The largest absolute Gasteiger partial charge is 0.353 e. The average Bonchev–Trinajstić information content (AvgIpc) is 1.89. The van der Waals surface area contributed by atoms with Gasteiger partial charge in [-0.25, -0.2) is 4.39 Å². The summed E-state index contributed by atoms with van der Waals surface area (Å²) in [7, 11) is 1.44. The fourth-order valence-corrected chi connectivity index (χ4v) is 0.813. The van der Waals surface area contributed by atoms with Gasteiger partial charge in [0.1, 0.15) is 0 Å². The van der Waals surface area contributed by atoms with Gasteiger partial charge >= 0.3 is 0 Å². The van der Waals surface area contributed by atoms with Gasteiger partial charge in [-0.3, -0.25) is 0 Å². The van der Waals surface area contributed by atoms with Crippen LogP contribution in [0.5, 0.6) is 0 Å². The lowest BCUT2D eigenvalue weighted by atomic mass is 10.2. The van der Waals surface area contributed by atoms with Crippen molar-refractivity contribution >= 4 is 0 Å². The van der Waals surface area contributed by atoms with Gasteiger partial charge < -0.3 is 9.47 Å². The SMILES string of the molecule is COC1OCC[CH]C1F. The van der Waals surface area contributed by atoms with E-state index in [4.69, 9.17) is 4.74 Å². The summed E-state index contributed by atoms with van der Waals surface area (Å²) < 4.78 is 22.1. The van der Waals surface area contributed by atoms with E-state index in [9.17, 15) is 4.39 Å². The molecule has 1 aliphatic rings. The minimum Gasteiger partial charge on any atom is -0.353 e. The standard InChI is InChI=1S/C6H10FO2/c1-8-6-5(7)3-2-4-9-6/h3,5-6H,2,4H2,1H3. The molecular formula is C6H10FO2. The Morgan fingerprint density at radius 1 is 1.78 bits per heavy atom. The van der Waals surface area contributed by atoms with Gasteiger partial charge in [0.2, 0.25) is 0 Å². The van der Waals surface area contributed by atoms with E-state index in [0.29, 0.717) is 13.0 Å². The highest BCUT2D eigenvalue weighted by Gasteiger charge is 2.24. The van der Waals surface area contributed by atoms with Gasteiger partial charge in [0.25, 0.3) is 0 Å². The molecule has 3 heteroatoms. The molecule has 1 saturated heterocycles. The number of alkyl halides is 1. The predicted molar refractivity (Wildman–Crippen MR) is 30.6 cm³/mol. The third-order valence-electron chi connectivity index (χ3n) is 1.28. The first kappa shape index (κ1) is 6.96. The summed E-state index contributed by atoms with van der Waals surface area (Å²) in [6.45, 7) is 0.568. The Kier molecular flexibility index (Phi) is 2.42. The quantitative estimate of drug-likeness (QED) is 0.529. The van der Waals surface area contributed by atoms with Gasteiger partial charge in [-0.15, -0.1) is 0 Å². The molecule has 2 nitrogen and oxygen atoms in total. The molecule has 0 aromatic rings. The molecule has 0 spiro atoms. The van der Waals surface area contributed by atoms with Crippen molar-refractivity contribution in [3.05, 3.63) is 6.42 Å². The van der Waals surface area contributed by atoms with Crippen molar-refractivity contribution in [2.75, 3.05) is 13.7 Å². The molecule has 2 unspecified atom stereocenters. The van der Waals surface area contributed by atoms with Crippen LogP contribution in [0.3, 0.4) is 0 Å². The Morgan fingerprint density at radius 3 is 3.00 bits per heavy atom. The lowest BCUT2D eigenvalue weighted by Crippen LogP contribution is -2.32. The Balaban J connectivity index is 2.30. The summed E-state index contributed by atoms with van der Waals surface area (Å²) in [6.07, 6.45) is 0.529. The topological polar surface area (TPSA) is 18.5 Å². The highest BCUT2D eigenvalue weighted by atomic mass is 19.1. The normalized spacial score (nSPS) is 36.7. The molecule has 1 aliphatic heterocycles. The zero-order valence-corrected chi connectivity index (χ0v) is 5.34. The van der Waals surface area contributed by atoms with Crippen LogP contribution < -0.4 is 0 Å². The summed E-state index contributed by atoms with van der Waals surface area (Å²) in [4.78, 5) is 0. The fourth-order valence-electron chi connectivity index (χ4n) is 0.813. The Hall–Kier alpha value is -0.150. The van der Waals surface area contributed by atoms with E-state index in [-0.39, 0.29) is 0 Å². The van der Waals surface area contributed by atoms with Crippen molar-refractivity contribution in [2.24, 2.45) is 0 Å². The first-order valence-corrected chi connectivity index (χ1v) is 2.96. The monoisotopic (exact) mass is 133 g/mol. The van der Waals surface area contributed by atoms with E-state index in [0.717, 1.165) is 0 Å². The molecule has 9 heavy (non-hydrogen) atoms. The van der Waals surface area contributed by atoms with Crippen LogP contribution in [-0.4, -0.2) is 26.2 Å². The highest BCUT2D eigenvalue weighted by Crippen LogP contribution is 2.15. The molecule has 0 saturated carbocycles. The summed E-state index contributed by atoms with van der Waals surface area (Å²) in [6, 6.07) is 0. The number of hydrogen-bond acceptors (Lipinski definition) is 2. The number of rotatable bonds is 1. The summed E-state index contributed by atoms with van der Waals surface area (Å²) in [5.74, 6) is 0. The third kappa shape index (κ3) is 1.63. The van der Waals surface area contributed by atoms with Gasteiger partial charge in [0, 0.05) is 13.5 Å². The van der Waals surface area contributed by atoms with Crippen molar-refractivity contribution in [1.29, 1.82) is 0 Å². The van der Waals surface area contributed by atoms with Crippen molar-refractivity contribution < 1.29 is 13.9 Å². The van der Waals surface area contributed by atoms with Crippen LogP contribution in [0.2, 0.25) is 0 Å². The lowest BCUT2D eigenvalue weighted by molar-refractivity contribution is -0.167. The highest BCUT2D eigenvalue weighted by molar-refractivity contribution is 4.82. The van der Waals surface area contributed by atoms with E-state index < -0.39 is 12.5 Å². The molecule has 2 atom stereocenters. The molecule has 1 fully saturated rings. The minimum atomic E-state index is -1.05. The fraction of sp³-hybridized carbons (Fsp3) is 0.833. The maximum absolute atomic E-state index is 12.5. The third-order valence-corrected chi connectivity index (χ3v) is 1.28.